The lowest BCUT2D eigenvalue weighted by Gasteiger charge is -2.35. The Morgan fingerprint density at radius 3 is 2.33 bits per heavy atom. The summed E-state index contributed by atoms with van der Waals surface area (Å²) in [7, 11) is 0. The van der Waals surface area contributed by atoms with Gasteiger partial charge in [0, 0.05) is 32.7 Å². The molecular weight excluding hydrogens is 300 g/mol. The lowest BCUT2D eigenvalue weighted by molar-refractivity contribution is 0.0624. The Morgan fingerprint density at radius 1 is 0.958 bits per heavy atom. The van der Waals surface area contributed by atoms with Gasteiger partial charge in [-0.2, -0.15) is 0 Å². The van der Waals surface area contributed by atoms with Gasteiger partial charge in [0.25, 0.3) is 5.91 Å². The Kier molecular flexibility index (Phi) is 5.49. The van der Waals surface area contributed by atoms with E-state index in [0.717, 1.165) is 32.7 Å². The molecule has 126 valence electrons. The first-order valence-corrected chi connectivity index (χ1v) is 8.55. The summed E-state index contributed by atoms with van der Waals surface area (Å²) in [4.78, 5) is 17.1. The first-order chi connectivity index (χ1) is 11.8. The van der Waals surface area contributed by atoms with Crippen LogP contribution in [0.2, 0.25) is 0 Å². The van der Waals surface area contributed by atoms with Crippen LogP contribution in [0.3, 0.4) is 0 Å². The van der Waals surface area contributed by atoms with Crippen LogP contribution < -0.4 is 4.74 Å². The fourth-order valence-electron chi connectivity index (χ4n) is 3.05. The molecule has 1 aliphatic rings. The van der Waals surface area contributed by atoms with Gasteiger partial charge in [0.2, 0.25) is 0 Å². The van der Waals surface area contributed by atoms with Gasteiger partial charge in [-0.3, -0.25) is 9.69 Å². The van der Waals surface area contributed by atoms with Crippen molar-refractivity contribution in [2.24, 2.45) is 0 Å². The molecule has 0 spiro atoms. The Morgan fingerprint density at radius 2 is 1.62 bits per heavy atom. The van der Waals surface area contributed by atoms with Crippen LogP contribution in [0.1, 0.15) is 22.8 Å². The standard InChI is InChI=1S/C20H24N2O2/c1-2-24-19-11-7-6-10-18(19)20(23)22-14-12-21(13-15-22)16-17-8-4-3-5-9-17/h3-11H,2,12-16H2,1H3. The monoisotopic (exact) mass is 324 g/mol. The molecule has 0 aromatic heterocycles. The molecule has 2 aromatic rings. The Hall–Kier alpha value is -2.33. The summed E-state index contributed by atoms with van der Waals surface area (Å²) in [5.74, 6) is 0.745. The normalized spacial score (nSPS) is 15.3. The van der Waals surface area contributed by atoms with Gasteiger partial charge in [-0.25, -0.2) is 0 Å². The van der Waals surface area contributed by atoms with Crippen molar-refractivity contribution >= 4 is 5.91 Å². The third kappa shape index (κ3) is 3.95. The van der Waals surface area contributed by atoms with E-state index in [2.05, 4.69) is 29.2 Å². The second kappa shape index (κ2) is 7.97. The molecule has 4 heteroatoms. The van der Waals surface area contributed by atoms with Crippen LogP contribution in [-0.4, -0.2) is 48.5 Å². The van der Waals surface area contributed by atoms with E-state index in [1.807, 2.05) is 42.2 Å². The Balaban J connectivity index is 1.59. The molecule has 3 rings (SSSR count). The van der Waals surface area contributed by atoms with Gasteiger partial charge in [-0.05, 0) is 24.6 Å². The molecule has 1 amide bonds. The van der Waals surface area contributed by atoms with Crippen molar-refractivity contribution in [3.63, 3.8) is 0 Å². The number of para-hydroxylation sites is 1. The molecule has 1 saturated heterocycles. The second-order valence-electron chi connectivity index (χ2n) is 5.98. The van der Waals surface area contributed by atoms with Crippen molar-refractivity contribution in [1.29, 1.82) is 0 Å². The summed E-state index contributed by atoms with van der Waals surface area (Å²) in [6.45, 7) is 6.75. The molecule has 1 fully saturated rings. The van der Waals surface area contributed by atoms with E-state index in [4.69, 9.17) is 4.74 Å². The lowest BCUT2D eigenvalue weighted by Crippen LogP contribution is -2.48. The van der Waals surface area contributed by atoms with Crippen LogP contribution >= 0.6 is 0 Å². The molecule has 4 nitrogen and oxygen atoms in total. The number of carbonyl (C=O) groups excluding carboxylic acids is 1. The minimum atomic E-state index is 0.0680. The second-order valence-corrected chi connectivity index (χ2v) is 5.98. The van der Waals surface area contributed by atoms with Crippen molar-refractivity contribution in [2.45, 2.75) is 13.5 Å². The number of rotatable bonds is 5. The van der Waals surface area contributed by atoms with Gasteiger partial charge >= 0.3 is 0 Å². The molecule has 0 radical (unpaired) electrons. The van der Waals surface area contributed by atoms with Crippen molar-refractivity contribution in [3.8, 4) is 5.75 Å². The van der Waals surface area contributed by atoms with E-state index >= 15 is 0 Å². The van der Waals surface area contributed by atoms with E-state index in [0.29, 0.717) is 17.9 Å². The van der Waals surface area contributed by atoms with Crippen molar-refractivity contribution < 1.29 is 9.53 Å². The highest BCUT2D eigenvalue weighted by atomic mass is 16.5. The molecule has 2 aromatic carbocycles. The maximum absolute atomic E-state index is 12.8. The average Bonchev–Trinajstić information content (AvgIpc) is 2.63. The van der Waals surface area contributed by atoms with Crippen LogP contribution in [-0.2, 0) is 6.54 Å². The molecule has 24 heavy (non-hydrogen) atoms. The number of amides is 1. The number of benzene rings is 2. The van der Waals surface area contributed by atoms with Crippen LogP contribution in [0.5, 0.6) is 5.75 Å². The fourth-order valence-corrected chi connectivity index (χ4v) is 3.05. The number of nitrogens with zero attached hydrogens (tertiary/aromatic N) is 2. The summed E-state index contributed by atoms with van der Waals surface area (Å²) in [5.41, 5.74) is 1.98. The van der Waals surface area contributed by atoms with E-state index in [-0.39, 0.29) is 5.91 Å². The molecule has 1 heterocycles. The Bertz CT molecular complexity index is 664. The minimum absolute atomic E-state index is 0.0680. The largest absolute Gasteiger partial charge is 0.493 e. The van der Waals surface area contributed by atoms with Crippen molar-refractivity contribution in [2.75, 3.05) is 32.8 Å². The van der Waals surface area contributed by atoms with Gasteiger partial charge < -0.3 is 9.64 Å². The first kappa shape index (κ1) is 16.5. The van der Waals surface area contributed by atoms with Gasteiger partial charge in [0.15, 0.2) is 0 Å². The highest BCUT2D eigenvalue weighted by molar-refractivity contribution is 5.97. The third-order valence-corrected chi connectivity index (χ3v) is 4.33. The molecule has 0 aliphatic carbocycles. The van der Waals surface area contributed by atoms with Crippen LogP contribution in [0.4, 0.5) is 0 Å². The summed E-state index contributed by atoms with van der Waals surface area (Å²) in [5, 5.41) is 0. The molecule has 0 saturated carbocycles. The quantitative estimate of drug-likeness (QED) is 0.847. The molecule has 0 bridgehead atoms. The van der Waals surface area contributed by atoms with Crippen molar-refractivity contribution in [3.05, 3.63) is 65.7 Å². The van der Waals surface area contributed by atoms with E-state index in [9.17, 15) is 4.79 Å². The molecule has 0 unspecified atom stereocenters. The maximum atomic E-state index is 12.8. The molecule has 0 atom stereocenters. The SMILES string of the molecule is CCOc1ccccc1C(=O)N1CCN(Cc2ccccc2)CC1. The summed E-state index contributed by atoms with van der Waals surface area (Å²) in [6.07, 6.45) is 0. The molecular formula is C20H24N2O2. The molecule has 0 N–H and O–H groups in total. The van der Waals surface area contributed by atoms with Crippen LogP contribution in [0.25, 0.3) is 0 Å². The number of ether oxygens (including phenoxy) is 1. The number of hydrogen-bond acceptors (Lipinski definition) is 3. The fraction of sp³-hybridized carbons (Fsp3) is 0.350. The summed E-state index contributed by atoms with van der Waals surface area (Å²) < 4.78 is 5.59. The topological polar surface area (TPSA) is 32.8 Å². The maximum Gasteiger partial charge on any atom is 0.257 e. The summed E-state index contributed by atoms with van der Waals surface area (Å²) >= 11 is 0. The van der Waals surface area contributed by atoms with Gasteiger partial charge in [0.05, 0.1) is 12.2 Å². The smallest absolute Gasteiger partial charge is 0.257 e. The first-order valence-electron chi connectivity index (χ1n) is 8.55. The zero-order valence-corrected chi connectivity index (χ0v) is 14.1. The number of piperazine rings is 1. The van der Waals surface area contributed by atoms with Gasteiger partial charge in [0.1, 0.15) is 5.75 Å². The van der Waals surface area contributed by atoms with Crippen molar-refractivity contribution in [1.82, 2.24) is 9.80 Å². The lowest BCUT2D eigenvalue weighted by atomic mass is 10.1. The summed E-state index contributed by atoms with van der Waals surface area (Å²) in [6, 6.07) is 18.0. The van der Waals surface area contributed by atoms with E-state index < -0.39 is 0 Å². The highest BCUT2D eigenvalue weighted by Gasteiger charge is 2.24. The molecule has 1 aliphatic heterocycles. The predicted molar refractivity (Wildman–Crippen MR) is 95.2 cm³/mol. The van der Waals surface area contributed by atoms with Crippen LogP contribution in [0.15, 0.2) is 54.6 Å². The highest BCUT2D eigenvalue weighted by Crippen LogP contribution is 2.21. The minimum Gasteiger partial charge on any atom is -0.493 e. The zero-order chi connectivity index (χ0) is 16.8. The Labute approximate surface area is 143 Å². The average molecular weight is 324 g/mol. The predicted octanol–water partition coefficient (Wildman–Crippen LogP) is 3.04. The number of hydrogen-bond donors (Lipinski definition) is 0. The van der Waals surface area contributed by atoms with Crippen LogP contribution in [0, 0.1) is 0 Å². The third-order valence-electron chi connectivity index (χ3n) is 4.33. The van der Waals surface area contributed by atoms with Gasteiger partial charge in [-0.1, -0.05) is 42.5 Å². The van der Waals surface area contributed by atoms with Gasteiger partial charge in [-0.15, -0.1) is 0 Å². The van der Waals surface area contributed by atoms with E-state index in [1.165, 1.54) is 5.56 Å². The number of carbonyl (C=O) groups is 1. The van der Waals surface area contributed by atoms with E-state index in [1.54, 1.807) is 0 Å². The zero-order valence-electron chi connectivity index (χ0n) is 14.1.